The predicted molar refractivity (Wildman–Crippen MR) is 89.2 cm³/mol. The average Bonchev–Trinajstić information content (AvgIpc) is 3.01. The van der Waals surface area contributed by atoms with Crippen LogP contribution in [0, 0.1) is 0 Å². The van der Waals surface area contributed by atoms with E-state index in [9.17, 15) is 9.59 Å². The van der Waals surface area contributed by atoms with Crippen molar-refractivity contribution in [1.82, 2.24) is 5.32 Å². The molecule has 122 valence electrons. The number of ether oxygens (including phenoxy) is 2. The van der Waals surface area contributed by atoms with Gasteiger partial charge in [-0.05, 0) is 36.4 Å². The summed E-state index contributed by atoms with van der Waals surface area (Å²) in [5, 5.41) is 2.80. The Balaban J connectivity index is 1.97. The Morgan fingerprint density at radius 3 is 2.30 bits per heavy atom. The van der Waals surface area contributed by atoms with E-state index in [0.29, 0.717) is 22.0 Å². The summed E-state index contributed by atoms with van der Waals surface area (Å²) < 4.78 is 10.7. The molecule has 5 nitrogen and oxygen atoms in total. The normalized spacial score (nSPS) is 11.8. The molecule has 0 aliphatic rings. The zero-order valence-electron chi connectivity index (χ0n) is 12.7. The van der Waals surface area contributed by atoms with Crippen LogP contribution in [0.3, 0.4) is 0 Å². The minimum atomic E-state index is -0.439. The van der Waals surface area contributed by atoms with E-state index in [2.05, 4.69) is 10.1 Å². The largest absolute Gasteiger partial charge is 0.465 e. The standard InChI is InChI=1S/C16H16ClNO4S/c1-21-12(13-7-8-14(17)23-13)9-18-15(19)10-3-5-11(6-4-10)16(20)22-2/h3-8,12H,9H2,1-2H3,(H,18,19)/t12-/m0/s1. The van der Waals surface area contributed by atoms with Crippen molar-refractivity contribution >= 4 is 34.8 Å². The van der Waals surface area contributed by atoms with Crippen LogP contribution in [0.2, 0.25) is 4.34 Å². The maximum atomic E-state index is 12.1. The first-order valence-electron chi connectivity index (χ1n) is 6.79. The van der Waals surface area contributed by atoms with Crippen molar-refractivity contribution in [2.24, 2.45) is 0 Å². The second-order valence-corrected chi connectivity index (χ2v) is 6.39. The van der Waals surface area contributed by atoms with E-state index in [1.54, 1.807) is 37.4 Å². The van der Waals surface area contributed by atoms with Crippen LogP contribution >= 0.6 is 22.9 Å². The molecule has 1 aromatic carbocycles. The summed E-state index contributed by atoms with van der Waals surface area (Å²) in [5.74, 6) is -0.683. The van der Waals surface area contributed by atoms with Crippen molar-refractivity contribution < 1.29 is 19.1 Å². The molecule has 23 heavy (non-hydrogen) atoms. The third-order valence-electron chi connectivity index (χ3n) is 3.21. The third kappa shape index (κ3) is 4.54. The molecular formula is C16H16ClNO4S. The van der Waals surface area contributed by atoms with E-state index >= 15 is 0 Å². The summed E-state index contributed by atoms with van der Waals surface area (Å²) in [5.41, 5.74) is 0.851. The Morgan fingerprint density at radius 2 is 1.78 bits per heavy atom. The van der Waals surface area contributed by atoms with Gasteiger partial charge in [-0.3, -0.25) is 4.79 Å². The number of esters is 1. The smallest absolute Gasteiger partial charge is 0.337 e. The van der Waals surface area contributed by atoms with E-state index in [1.807, 2.05) is 6.07 Å². The average molecular weight is 354 g/mol. The maximum absolute atomic E-state index is 12.1. The van der Waals surface area contributed by atoms with Crippen LogP contribution in [0.15, 0.2) is 36.4 Å². The Bertz CT molecular complexity index is 684. The number of carbonyl (C=O) groups is 2. The van der Waals surface area contributed by atoms with E-state index < -0.39 is 5.97 Å². The van der Waals surface area contributed by atoms with Gasteiger partial charge < -0.3 is 14.8 Å². The summed E-state index contributed by atoms with van der Waals surface area (Å²) in [6, 6.07) is 9.91. The zero-order valence-corrected chi connectivity index (χ0v) is 14.2. The number of benzene rings is 1. The van der Waals surface area contributed by atoms with E-state index in [0.717, 1.165) is 4.88 Å². The second kappa shape index (κ2) is 8.10. The van der Waals surface area contributed by atoms with Crippen LogP contribution in [0.4, 0.5) is 0 Å². The Labute approximate surface area is 143 Å². The number of amides is 1. The molecule has 1 aromatic heterocycles. The molecule has 1 atom stereocenters. The van der Waals surface area contributed by atoms with Crippen LogP contribution in [0.25, 0.3) is 0 Å². The molecule has 0 aliphatic heterocycles. The topological polar surface area (TPSA) is 64.6 Å². The highest BCUT2D eigenvalue weighted by atomic mass is 35.5. The van der Waals surface area contributed by atoms with Gasteiger partial charge in [0.2, 0.25) is 0 Å². The quantitative estimate of drug-likeness (QED) is 0.809. The molecule has 0 saturated carbocycles. The third-order valence-corrected chi connectivity index (χ3v) is 4.54. The number of thiophene rings is 1. The summed E-state index contributed by atoms with van der Waals surface area (Å²) in [7, 11) is 2.89. The molecule has 7 heteroatoms. The number of carbonyl (C=O) groups excluding carboxylic acids is 2. The number of nitrogens with one attached hydrogen (secondary N) is 1. The number of halogens is 1. The molecule has 0 aliphatic carbocycles. The fourth-order valence-corrected chi connectivity index (χ4v) is 3.10. The molecule has 2 aromatic rings. The first kappa shape index (κ1) is 17.5. The van der Waals surface area contributed by atoms with Gasteiger partial charge in [-0.15, -0.1) is 11.3 Å². The lowest BCUT2D eigenvalue weighted by molar-refractivity contribution is 0.0600. The van der Waals surface area contributed by atoms with E-state index in [4.69, 9.17) is 16.3 Å². The molecule has 1 amide bonds. The molecule has 0 spiro atoms. The van der Waals surface area contributed by atoms with E-state index in [-0.39, 0.29) is 12.0 Å². The van der Waals surface area contributed by atoms with Crippen LogP contribution in [-0.4, -0.2) is 32.6 Å². The Hall–Kier alpha value is -1.89. The minimum absolute atomic E-state index is 0.244. The lowest BCUT2D eigenvalue weighted by atomic mass is 10.1. The van der Waals surface area contributed by atoms with E-state index in [1.165, 1.54) is 18.4 Å². The monoisotopic (exact) mass is 353 g/mol. The van der Waals surface area contributed by atoms with Gasteiger partial charge in [-0.2, -0.15) is 0 Å². The van der Waals surface area contributed by atoms with Gasteiger partial charge in [0.05, 0.1) is 17.0 Å². The SMILES string of the molecule is COC(=O)c1ccc(C(=O)NC[C@H](OC)c2ccc(Cl)s2)cc1. The van der Waals surface area contributed by atoms with Crippen molar-refractivity contribution in [2.75, 3.05) is 20.8 Å². The fourth-order valence-electron chi connectivity index (χ4n) is 1.96. The molecular weight excluding hydrogens is 338 g/mol. The van der Waals surface area contributed by atoms with Gasteiger partial charge in [0, 0.05) is 24.1 Å². The van der Waals surface area contributed by atoms with Gasteiger partial charge in [-0.1, -0.05) is 11.6 Å². The number of rotatable bonds is 6. The molecule has 0 bridgehead atoms. The fraction of sp³-hybridized carbons (Fsp3) is 0.250. The van der Waals surface area contributed by atoms with Gasteiger partial charge in [0.1, 0.15) is 6.10 Å². The van der Waals surface area contributed by atoms with Gasteiger partial charge in [0.25, 0.3) is 5.91 Å². The molecule has 0 fully saturated rings. The van der Waals surface area contributed by atoms with Crippen LogP contribution in [0.1, 0.15) is 31.7 Å². The molecule has 1 heterocycles. The first-order chi connectivity index (χ1) is 11.0. The maximum Gasteiger partial charge on any atom is 0.337 e. The summed E-state index contributed by atoms with van der Waals surface area (Å²) in [4.78, 5) is 24.4. The van der Waals surface area contributed by atoms with Crippen molar-refractivity contribution in [3.63, 3.8) is 0 Å². The number of hydrogen-bond acceptors (Lipinski definition) is 5. The van der Waals surface area contributed by atoms with Crippen molar-refractivity contribution in [3.8, 4) is 0 Å². The van der Waals surface area contributed by atoms with Gasteiger partial charge >= 0.3 is 5.97 Å². The molecule has 2 rings (SSSR count). The van der Waals surface area contributed by atoms with Crippen molar-refractivity contribution in [3.05, 3.63) is 56.7 Å². The highest BCUT2D eigenvalue weighted by molar-refractivity contribution is 7.16. The molecule has 0 unspecified atom stereocenters. The number of hydrogen-bond donors (Lipinski definition) is 1. The van der Waals surface area contributed by atoms with Crippen LogP contribution < -0.4 is 5.32 Å². The summed E-state index contributed by atoms with van der Waals surface area (Å²) in [6.07, 6.45) is -0.259. The summed E-state index contributed by atoms with van der Waals surface area (Å²) in [6.45, 7) is 0.324. The van der Waals surface area contributed by atoms with Gasteiger partial charge in [0.15, 0.2) is 0 Å². The molecule has 0 radical (unpaired) electrons. The number of methoxy groups -OCH3 is 2. The van der Waals surface area contributed by atoms with Crippen LogP contribution in [0.5, 0.6) is 0 Å². The Kier molecular flexibility index (Phi) is 6.15. The second-order valence-electron chi connectivity index (χ2n) is 4.65. The van der Waals surface area contributed by atoms with Crippen molar-refractivity contribution in [1.29, 1.82) is 0 Å². The van der Waals surface area contributed by atoms with Gasteiger partial charge in [-0.25, -0.2) is 4.79 Å². The molecule has 1 N–H and O–H groups in total. The lowest BCUT2D eigenvalue weighted by Crippen LogP contribution is -2.28. The lowest BCUT2D eigenvalue weighted by Gasteiger charge is -2.14. The molecule has 0 saturated heterocycles. The first-order valence-corrected chi connectivity index (χ1v) is 7.99. The summed E-state index contributed by atoms with van der Waals surface area (Å²) >= 11 is 7.32. The zero-order chi connectivity index (χ0) is 16.8. The van der Waals surface area contributed by atoms with Crippen molar-refractivity contribution in [2.45, 2.75) is 6.10 Å². The van der Waals surface area contributed by atoms with Crippen LogP contribution in [-0.2, 0) is 9.47 Å². The minimum Gasteiger partial charge on any atom is -0.465 e. The highest BCUT2D eigenvalue weighted by Crippen LogP contribution is 2.28. The Morgan fingerprint density at radius 1 is 1.13 bits per heavy atom. The predicted octanol–water partition coefficient (Wildman–Crippen LogP) is 3.31. The highest BCUT2D eigenvalue weighted by Gasteiger charge is 2.15.